The Bertz CT molecular complexity index is 1450. The Kier molecular flexibility index (Phi) is 7.97. The van der Waals surface area contributed by atoms with E-state index in [9.17, 15) is 4.39 Å². The second-order valence-electron chi connectivity index (χ2n) is 10.1. The van der Waals surface area contributed by atoms with Gasteiger partial charge in [-0.05, 0) is 51.5 Å². The summed E-state index contributed by atoms with van der Waals surface area (Å²) in [5.74, 6) is 3.77. The third-order valence-electron chi connectivity index (χ3n) is 6.38. The highest BCUT2D eigenvalue weighted by atomic mass is 19.1. The van der Waals surface area contributed by atoms with Crippen LogP contribution in [0.2, 0.25) is 0 Å². The molecular formula is C26H33F2N9O. The van der Waals surface area contributed by atoms with Gasteiger partial charge in [-0.1, -0.05) is 6.07 Å². The van der Waals surface area contributed by atoms with Crippen LogP contribution in [0.4, 0.5) is 20.5 Å². The van der Waals surface area contributed by atoms with Crippen molar-refractivity contribution in [1.29, 1.82) is 0 Å². The van der Waals surface area contributed by atoms with Crippen LogP contribution in [0.25, 0.3) is 22.3 Å². The van der Waals surface area contributed by atoms with Crippen molar-refractivity contribution >= 4 is 22.8 Å². The van der Waals surface area contributed by atoms with Gasteiger partial charge in [-0.3, -0.25) is 4.90 Å². The molecular weight excluding hydrogens is 492 g/mol. The molecule has 4 aromatic rings. The first-order valence-electron chi connectivity index (χ1n) is 12.3. The first-order valence-corrected chi connectivity index (χ1v) is 12.3. The molecule has 0 atom stereocenters. The van der Waals surface area contributed by atoms with Gasteiger partial charge in [0.2, 0.25) is 5.95 Å². The van der Waals surface area contributed by atoms with E-state index in [4.69, 9.17) is 15.9 Å². The molecule has 0 spiro atoms. The number of fused-ring (bicyclic) bond motifs is 2. The molecule has 0 radical (unpaired) electrons. The number of aromatic nitrogens is 5. The lowest BCUT2D eigenvalue weighted by molar-refractivity contribution is 0.259. The predicted molar refractivity (Wildman–Crippen MR) is 142 cm³/mol. The molecule has 4 heterocycles. The van der Waals surface area contributed by atoms with Crippen molar-refractivity contribution in [3.63, 3.8) is 0 Å². The number of benzene rings is 1. The first kappa shape index (κ1) is 27.5. The Labute approximate surface area is 219 Å². The van der Waals surface area contributed by atoms with E-state index in [2.05, 4.69) is 31.1 Å². The lowest BCUT2D eigenvalue weighted by Crippen LogP contribution is -2.34. The Morgan fingerprint density at radius 3 is 2.55 bits per heavy atom. The fourth-order valence-electron chi connectivity index (χ4n) is 4.90. The van der Waals surface area contributed by atoms with Crippen LogP contribution in [0.3, 0.4) is 0 Å². The number of imidazole rings is 1. The summed E-state index contributed by atoms with van der Waals surface area (Å²) in [6, 6.07) is 6.87. The predicted octanol–water partition coefficient (Wildman–Crippen LogP) is 3.62. The molecule has 0 saturated carbocycles. The molecule has 0 fully saturated rings. The maximum atomic E-state index is 15.1. The molecule has 0 aliphatic carbocycles. The summed E-state index contributed by atoms with van der Waals surface area (Å²) in [7, 11) is 0. The van der Waals surface area contributed by atoms with Gasteiger partial charge in [-0.15, -0.1) is 0 Å². The zero-order chi connectivity index (χ0) is 27.6. The van der Waals surface area contributed by atoms with E-state index in [-0.39, 0.29) is 22.7 Å². The third kappa shape index (κ3) is 5.48. The first-order chi connectivity index (χ1) is 18.1. The Morgan fingerprint density at radius 2 is 1.84 bits per heavy atom. The van der Waals surface area contributed by atoms with Crippen molar-refractivity contribution < 1.29 is 14.0 Å². The van der Waals surface area contributed by atoms with E-state index >= 15 is 4.39 Å². The highest BCUT2D eigenvalue weighted by Crippen LogP contribution is 2.32. The summed E-state index contributed by atoms with van der Waals surface area (Å²) in [6.45, 7) is 11.1. The average molecular weight is 526 g/mol. The highest BCUT2D eigenvalue weighted by Gasteiger charge is 2.23. The van der Waals surface area contributed by atoms with E-state index in [1.54, 1.807) is 6.07 Å². The molecule has 1 aliphatic rings. The van der Waals surface area contributed by atoms with Gasteiger partial charge < -0.3 is 20.8 Å². The number of rotatable bonds is 5. The maximum absolute atomic E-state index is 15.1. The lowest BCUT2D eigenvalue weighted by Gasteiger charge is -2.27. The van der Waals surface area contributed by atoms with E-state index in [1.165, 1.54) is 6.07 Å². The molecule has 12 heteroatoms. The van der Waals surface area contributed by atoms with Crippen LogP contribution in [0, 0.1) is 18.6 Å². The van der Waals surface area contributed by atoms with E-state index in [0.29, 0.717) is 29.3 Å². The zero-order valence-electron chi connectivity index (χ0n) is 22.0. The fraction of sp³-hybridized carbons (Fsp3) is 0.385. The van der Waals surface area contributed by atoms with Crippen LogP contribution < -0.4 is 16.9 Å². The van der Waals surface area contributed by atoms with Crippen LogP contribution in [-0.4, -0.2) is 54.2 Å². The minimum Gasteiger partial charge on any atom is -0.329 e. The summed E-state index contributed by atoms with van der Waals surface area (Å²) in [6.07, 6.45) is 1.91. The summed E-state index contributed by atoms with van der Waals surface area (Å²) in [4.78, 5) is 19.9. The van der Waals surface area contributed by atoms with Crippen LogP contribution in [-0.2, 0) is 18.5 Å². The number of aryl methyl sites for hydroxylation is 1. The molecule has 38 heavy (non-hydrogen) atoms. The minimum atomic E-state index is -0.642. The third-order valence-corrected chi connectivity index (χ3v) is 6.38. The molecule has 202 valence electrons. The Hall–Kier alpha value is -3.58. The molecule has 10 nitrogen and oxygen atoms in total. The number of nitrogens with zero attached hydrogens (tertiary/aromatic N) is 6. The number of halogens is 2. The van der Waals surface area contributed by atoms with Crippen molar-refractivity contribution in [3.8, 4) is 11.3 Å². The van der Waals surface area contributed by atoms with Gasteiger partial charge in [0.25, 0.3) is 0 Å². The monoisotopic (exact) mass is 525 g/mol. The van der Waals surface area contributed by atoms with Crippen molar-refractivity contribution in [2.24, 2.45) is 11.6 Å². The molecule has 1 aromatic carbocycles. The van der Waals surface area contributed by atoms with Gasteiger partial charge in [-0.25, -0.2) is 34.6 Å². The smallest absolute Gasteiger partial charge is 0.229 e. The molecule has 6 N–H and O–H groups in total. The van der Waals surface area contributed by atoms with Crippen LogP contribution in [0.1, 0.15) is 37.9 Å². The van der Waals surface area contributed by atoms with E-state index in [0.717, 1.165) is 43.5 Å². The van der Waals surface area contributed by atoms with Gasteiger partial charge >= 0.3 is 0 Å². The number of nitrogens with one attached hydrogen (secondary N) is 1. The summed E-state index contributed by atoms with van der Waals surface area (Å²) in [5, 5.41) is 9.57. The SMILES string of the molecule is Cc1nc2c(F)cc(-c3nc(Nc4ccc5c(n4)CCN(CCN)C5)ncc3F)cc2n1C(C)(C)C.NO. The number of hydrogen-bond acceptors (Lipinski definition) is 9. The average Bonchev–Trinajstić information content (AvgIpc) is 3.23. The lowest BCUT2D eigenvalue weighted by atomic mass is 10.1. The summed E-state index contributed by atoms with van der Waals surface area (Å²) < 4.78 is 31.9. The molecule has 0 unspecified atom stereocenters. The van der Waals surface area contributed by atoms with Crippen LogP contribution in [0.5, 0.6) is 0 Å². The van der Waals surface area contributed by atoms with E-state index in [1.807, 2.05) is 44.4 Å². The van der Waals surface area contributed by atoms with Crippen molar-refractivity contribution in [2.45, 2.75) is 46.2 Å². The normalized spacial score (nSPS) is 13.7. The second-order valence-corrected chi connectivity index (χ2v) is 10.1. The quantitative estimate of drug-likeness (QED) is 0.287. The van der Waals surface area contributed by atoms with Crippen molar-refractivity contribution in [2.75, 3.05) is 25.0 Å². The number of hydrogen-bond donors (Lipinski definition) is 4. The summed E-state index contributed by atoms with van der Waals surface area (Å²) in [5.41, 5.74) is 8.67. The Balaban J connectivity index is 0.00000164. The van der Waals surface area contributed by atoms with Crippen LogP contribution in [0.15, 0.2) is 30.5 Å². The van der Waals surface area contributed by atoms with Gasteiger partial charge in [0.05, 0.1) is 11.7 Å². The summed E-state index contributed by atoms with van der Waals surface area (Å²) >= 11 is 0. The van der Waals surface area contributed by atoms with Gasteiger partial charge in [0.15, 0.2) is 11.6 Å². The van der Waals surface area contributed by atoms with Gasteiger partial charge in [0.1, 0.15) is 22.9 Å². The van der Waals surface area contributed by atoms with E-state index < -0.39 is 11.6 Å². The topological polar surface area (TPSA) is 144 Å². The molecule has 5 rings (SSSR count). The molecule has 0 bridgehead atoms. The fourth-order valence-corrected chi connectivity index (χ4v) is 4.90. The Morgan fingerprint density at radius 1 is 1.08 bits per heavy atom. The number of pyridine rings is 1. The largest absolute Gasteiger partial charge is 0.329 e. The second kappa shape index (κ2) is 11.0. The van der Waals surface area contributed by atoms with Crippen molar-refractivity contribution in [1.82, 2.24) is 29.4 Å². The maximum Gasteiger partial charge on any atom is 0.229 e. The highest BCUT2D eigenvalue weighted by molar-refractivity contribution is 5.83. The number of nitrogens with two attached hydrogens (primary N) is 2. The molecule has 0 saturated heterocycles. The molecule has 3 aromatic heterocycles. The minimum absolute atomic E-state index is 0.00278. The standard InChI is InChI=1S/C26H30F2N8.H3NO/c1-15-31-24-18(27)11-17(12-21(24)36(15)26(2,3)4)23-19(28)13-30-25(34-23)33-22-6-5-16-14-35(10-8-29)9-7-20(16)32-22;1-2/h5-6,11-13H,7-10,14,29H2,1-4H3,(H,30,32,33,34);2H,1H2. The van der Waals surface area contributed by atoms with Gasteiger partial charge in [0, 0.05) is 49.4 Å². The van der Waals surface area contributed by atoms with Gasteiger partial charge in [-0.2, -0.15) is 0 Å². The molecule has 1 aliphatic heterocycles. The molecule has 0 amide bonds. The zero-order valence-corrected chi connectivity index (χ0v) is 22.0. The van der Waals surface area contributed by atoms with Crippen molar-refractivity contribution in [3.05, 3.63) is 59.2 Å². The number of anilines is 2. The van der Waals surface area contributed by atoms with Crippen LogP contribution >= 0.6 is 0 Å².